The van der Waals surface area contributed by atoms with Crippen LogP contribution in [0, 0.1) is 0 Å². The molecule has 0 unspecified atom stereocenters. The maximum absolute atomic E-state index is 12.3. The van der Waals surface area contributed by atoms with E-state index < -0.39 is 11.8 Å². The molecule has 0 saturated carbocycles. The van der Waals surface area contributed by atoms with E-state index in [1.54, 1.807) is 36.4 Å². The van der Waals surface area contributed by atoms with Gasteiger partial charge in [-0.3, -0.25) is 25.8 Å². The fourth-order valence-electron chi connectivity index (χ4n) is 2.65. The molecule has 0 spiro atoms. The Hall–Kier alpha value is -2.65. The van der Waals surface area contributed by atoms with E-state index in [-0.39, 0.29) is 11.7 Å². The zero-order valence-corrected chi connectivity index (χ0v) is 20.4. The van der Waals surface area contributed by atoms with E-state index in [9.17, 15) is 9.59 Å². The zero-order valence-electron chi connectivity index (χ0n) is 18.0. The van der Waals surface area contributed by atoms with E-state index in [2.05, 4.69) is 39.0 Å². The van der Waals surface area contributed by atoms with Crippen molar-refractivity contribution in [1.29, 1.82) is 0 Å². The van der Waals surface area contributed by atoms with E-state index in [1.165, 1.54) is 19.3 Å². The Morgan fingerprint density at radius 2 is 1.50 bits per heavy atom. The van der Waals surface area contributed by atoms with E-state index in [4.69, 9.17) is 21.7 Å². The normalized spacial score (nSPS) is 10.2. The highest BCUT2D eigenvalue weighted by Gasteiger charge is 2.09. The second-order valence-electron chi connectivity index (χ2n) is 6.99. The summed E-state index contributed by atoms with van der Waals surface area (Å²) in [5.74, 6) is 0.439. The van der Waals surface area contributed by atoms with E-state index in [0.717, 1.165) is 23.1 Å². The lowest BCUT2D eigenvalue weighted by Crippen LogP contribution is -2.49. The number of hydrogen-bond donors (Lipinski definition) is 3. The van der Waals surface area contributed by atoms with Gasteiger partial charge in [-0.05, 0) is 67.2 Å². The Morgan fingerprint density at radius 3 is 2.19 bits per heavy atom. The van der Waals surface area contributed by atoms with Crippen LogP contribution in [-0.4, -0.2) is 30.1 Å². The minimum atomic E-state index is -0.444. The molecule has 2 aromatic rings. The van der Waals surface area contributed by atoms with Crippen LogP contribution in [0.4, 0.5) is 0 Å². The molecule has 0 aromatic heterocycles. The number of rotatable bonds is 11. The second-order valence-corrected chi connectivity index (χ2v) is 8.31. The molecule has 9 heteroatoms. The van der Waals surface area contributed by atoms with Crippen LogP contribution < -0.4 is 25.6 Å². The Labute approximate surface area is 202 Å². The highest BCUT2D eigenvalue weighted by atomic mass is 79.9. The van der Waals surface area contributed by atoms with Gasteiger partial charge < -0.3 is 9.47 Å². The minimum Gasteiger partial charge on any atom is -0.494 e. The van der Waals surface area contributed by atoms with Gasteiger partial charge in [-0.2, -0.15) is 0 Å². The summed E-state index contributed by atoms with van der Waals surface area (Å²) in [4.78, 5) is 24.1. The molecule has 3 N–H and O–H groups in total. The van der Waals surface area contributed by atoms with Crippen LogP contribution >= 0.6 is 28.1 Å². The smallest absolute Gasteiger partial charge is 0.276 e. The molecule has 0 aliphatic carbocycles. The summed E-state index contributed by atoms with van der Waals surface area (Å²) < 4.78 is 12.0. The number of amides is 2. The molecular formula is C23H28BrN3O4S. The van der Waals surface area contributed by atoms with Gasteiger partial charge in [0.05, 0.1) is 6.61 Å². The number of carbonyl (C=O) groups is 2. The third-order valence-electron chi connectivity index (χ3n) is 4.36. The number of ether oxygens (including phenoxy) is 2. The average Bonchev–Trinajstić information content (AvgIpc) is 2.80. The lowest BCUT2D eigenvalue weighted by molar-refractivity contribution is -0.123. The molecule has 7 nitrogen and oxygen atoms in total. The van der Waals surface area contributed by atoms with Crippen molar-refractivity contribution >= 4 is 45.1 Å². The van der Waals surface area contributed by atoms with Crippen LogP contribution in [0.5, 0.6) is 11.5 Å². The number of halogens is 1. The first-order chi connectivity index (χ1) is 15.5. The molecule has 0 saturated heterocycles. The van der Waals surface area contributed by atoms with Gasteiger partial charge in [0.2, 0.25) is 0 Å². The van der Waals surface area contributed by atoms with Crippen molar-refractivity contribution in [1.82, 2.24) is 16.2 Å². The molecule has 0 radical (unpaired) electrons. The van der Waals surface area contributed by atoms with Crippen LogP contribution in [0.2, 0.25) is 0 Å². The monoisotopic (exact) mass is 521 g/mol. The van der Waals surface area contributed by atoms with Crippen LogP contribution in [0.15, 0.2) is 53.0 Å². The molecule has 0 bridgehead atoms. The molecule has 0 fully saturated rings. The highest BCUT2D eigenvalue weighted by Crippen LogP contribution is 2.16. The Morgan fingerprint density at radius 1 is 0.875 bits per heavy atom. The molecule has 32 heavy (non-hydrogen) atoms. The summed E-state index contributed by atoms with van der Waals surface area (Å²) in [5, 5.41) is 2.47. The second kappa shape index (κ2) is 14.4. The third-order valence-corrected chi connectivity index (χ3v) is 5.09. The third kappa shape index (κ3) is 10.1. The molecule has 2 amide bonds. The topological polar surface area (TPSA) is 88.7 Å². The van der Waals surface area contributed by atoms with Gasteiger partial charge in [-0.15, -0.1) is 0 Å². The van der Waals surface area contributed by atoms with E-state index >= 15 is 0 Å². The number of benzene rings is 2. The van der Waals surface area contributed by atoms with Crippen molar-refractivity contribution in [2.75, 3.05) is 13.2 Å². The maximum Gasteiger partial charge on any atom is 0.276 e. The number of hydrogen-bond acceptors (Lipinski definition) is 5. The number of carbonyl (C=O) groups excluding carboxylic acids is 2. The summed E-state index contributed by atoms with van der Waals surface area (Å²) in [6, 6.07) is 13.9. The highest BCUT2D eigenvalue weighted by molar-refractivity contribution is 9.10. The van der Waals surface area contributed by atoms with Crippen molar-refractivity contribution < 1.29 is 19.1 Å². The van der Waals surface area contributed by atoms with Crippen LogP contribution in [0.25, 0.3) is 0 Å². The summed E-state index contributed by atoms with van der Waals surface area (Å²) in [6.07, 6.45) is 5.88. The number of thiocarbonyl (C=S) groups is 1. The van der Waals surface area contributed by atoms with Gasteiger partial charge in [-0.1, -0.05) is 48.5 Å². The SMILES string of the molecule is CCCCCCCOc1ccc(C(=O)NC(=S)NNC(=O)COc2ccc(Br)cc2)cc1. The first-order valence-corrected chi connectivity index (χ1v) is 11.7. The molecule has 2 aromatic carbocycles. The number of nitrogens with one attached hydrogen (secondary N) is 3. The van der Waals surface area contributed by atoms with Crippen LogP contribution in [0.1, 0.15) is 49.4 Å². The minimum absolute atomic E-state index is 0.0283. The molecule has 172 valence electrons. The van der Waals surface area contributed by atoms with Crippen molar-refractivity contribution in [3.63, 3.8) is 0 Å². The number of unbranched alkanes of at least 4 members (excludes halogenated alkanes) is 4. The van der Waals surface area contributed by atoms with Gasteiger partial charge in [0.25, 0.3) is 11.8 Å². The van der Waals surface area contributed by atoms with E-state index in [0.29, 0.717) is 17.9 Å². The maximum atomic E-state index is 12.3. The van der Waals surface area contributed by atoms with Crippen molar-refractivity contribution in [2.45, 2.75) is 39.0 Å². The van der Waals surface area contributed by atoms with E-state index in [1.807, 2.05) is 12.1 Å². The zero-order chi connectivity index (χ0) is 23.2. The quantitative estimate of drug-likeness (QED) is 0.229. The van der Waals surface area contributed by atoms with Crippen molar-refractivity contribution in [3.8, 4) is 11.5 Å². The van der Waals surface area contributed by atoms with Gasteiger partial charge in [-0.25, -0.2) is 0 Å². The molecule has 0 aliphatic rings. The van der Waals surface area contributed by atoms with Crippen LogP contribution in [-0.2, 0) is 4.79 Å². The fraction of sp³-hybridized carbons (Fsp3) is 0.348. The van der Waals surface area contributed by atoms with Gasteiger partial charge >= 0.3 is 0 Å². The largest absolute Gasteiger partial charge is 0.494 e. The van der Waals surface area contributed by atoms with Crippen molar-refractivity contribution in [3.05, 3.63) is 58.6 Å². The average molecular weight is 522 g/mol. The summed E-state index contributed by atoms with van der Waals surface area (Å²) in [5.41, 5.74) is 5.27. The molecular weight excluding hydrogens is 494 g/mol. The van der Waals surface area contributed by atoms with Crippen LogP contribution in [0.3, 0.4) is 0 Å². The predicted octanol–water partition coefficient (Wildman–Crippen LogP) is 4.51. The molecule has 2 rings (SSSR count). The first-order valence-electron chi connectivity index (χ1n) is 10.5. The standard InChI is InChI=1S/C23H28BrN3O4S/c1-2-3-4-5-6-15-30-19-11-7-17(8-12-19)22(29)25-23(32)27-26-21(28)16-31-20-13-9-18(24)10-14-20/h7-14H,2-6,15-16H2,1H3,(H,26,28)(H2,25,27,29,32). The van der Waals surface area contributed by atoms with Gasteiger partial charge in [0, 0.05) is 10.0 Å². The molecule has 0 heterocycles. The van der Waals surface area contributed by atoms with Gasteiger partial charge in [0.15, 0.2) is 11.7 Å². The number of hydrazine groups is 1. The lowest BCUT2D eigenvalue weighted by Gasteiger charge is -2.12. The lowest BCUT2D eigenvalue weighted by atomic mass is 10.2. The summed E-state index contributed by atoms with van der Waals surface area (Å²) in [7, 11) is 0. The summed E-state index contributed by atoms with van der Waals surface area (Å²) >= 11 is 8.36. The fourth-order valence-corrected chi connectivity index (χ4v) is 3.06. The Kier molecular flexibility index (Phi) is 11.5. The van der Waals surface area contributed by atoms with Gasteiger partial charge in [0.1, 0.15) is 11.5 Å². The Balaban J connectivity index is 1.65. The predicted molar refractivity (Wildman–Crippen MR) is 132 cm³/mol. The first kappa shape index (κ1) is 25.6. The summed E-state index contributed by atoms with van der Waals surface area (Å²) in [6.45, 7) is 2.65. The van der Waals surface area contributed by atoms with Crippen molar-refractivity contribution in [2.24, 2.45) is 0 Å². The Bertz CT molecular complexity index is 876. The molecule has 0 atom stereocenters. The molecule has 0 aliphatic heterocycles.